The van der Waals surface area contributed by atoms with E-state index in [2.05, 4.69) is 22.5 Å². The number of rotatable bonds is 3. The van der Waals surface area contributed by atoms with E-state index in [1.165, 1.54) is 4.90 Å². The number of carbonyl (C=O) groups is 1. The average Bonchev–Trinajstić information content (AvgIpc) is 3.00. The van der Waals surface area contributed by atoms with Gasteiger partial charge in [-0.15, -0.1) is 11.8 Å². The molecule has 1 aliphatic heterocycles. The molecule has 4 rings (SSSR count). The normalized spacial score (nSPS) is 13.7. The third-order valence-corrected chi connectivity index (χ3v) is 5.62. The maximum Gasteiger partial charge on any atom is 0.272 e. The second kappa shape index (κ2) is 6.41. The molecule has 1 atom stereocenters. The number of hydrogen-bond donors (Lipinski definition) is 1. The highest BCUT2D eigenvalue weighted by atomic mass is 32.2. The van der Waals surface area contributed by atoms with E-state index in [4.69, 9.17) is 0 Å². The minimum Gasteiger partial charge on any atom is -0.344 e. The molecule has 1 aromatic heterocycles. The fraction of sp³-hybridized carbons (Fsp3) is 0.200. The number of benzene rings is 2. The van der Waals surface area contributed by atoms with Crippen molar-refractivity contribution in [2.45, 2.75) is 23.6 Å². The molecule has 0 radical (unpaired) electrons. The van der Waals surface area contributed by atoms with Gasteiger partial charge >= 0.3 is 0 Å². The summed E-state index contributed by atoms with van der Waals surface area (Å²) in [6, 6.07) is 18.2. The van der Waals surface area contributed by atoms with Crippen LogP contribution in [0.4, 0.5) is 0 Å². The largest absolute Gasteiger partial charge is 0.344 e. The van der Waals surface area contributed by atoms with E-state index in [0.29, 0.717) is 5.69 Å². The molecule has 1 amide bonds. The Hall–Kier alpha value is -2.53. The first-order chi connectivity index (χ1) is 12.1. The number of hydrogen-bond acceptors (Lipinski definition) is 3. The van der Waals surface area contributed by atoms with Crippen molar-refractivity contribution in [3.05, 3.63) is 71.4 Å². The Balaban J connectivity index is 1.66. The maximum absolute atomic E-state index is 12.8. The molecule has 0 saturated heterocycles. The van der Waals surface area contributed by atoms with Crippen LogP contribution in [0.25, 0.3) is 11.3 Å². The van der Waals surface area contributed by atoms with Crippen molar-refractivity contribution >= 4 is 17.7 Å². The molecule has 1 N–H and O–H groups in total. The van der Waals surface area contributed by atoms with Gasteiger partial charge in [0, 0.05) is 28.8 Å². The fourth-order valence-corrected chi connectivity index (χ4v) is 4.32. The molecule has 0 unspecified atom stereocenters. The van der Waals surface area contributed by atoms with Gasteiger partial charge in [0.1, 0.15) is 0 Å². The van der Waals surface area contributed by atoms with Crippen LogP contribution in [0.2, 0.25) is 0 Å². The summed E-state index contributed by atoms with van der Waals surface area (Å²) in [4.78, 5) is 14.1. The van der Waals surface area contributed by atoms with E-state index in [0.717, 1.165) is 28.1 Å². The first-order valence-electron chi connectivity index (χ1n) is 8.29. The fourth-order valence-electron chi connectivity index (χ4n) is 3.25. The van der Waals surface area contributed by atoms with Crippen LogP contribution in [-0.4, -0.2) is 15.7 Å². The Labute approximate surface area is 151 Å². The number of fused-ring (bicyclic) bond motifs is 3. The molecular weight excluding hydrogens is 330 g/mol. The van der Waals surface area contributed by atoms with Gasteiger partial charge in [-0.3, -0.25) is 9.48 Å². The van der Waals surface area contributed by atoms with Crippen LogP contribution in [-0.2, 0) is 12.8 Å². The molecule has 126 valence electrons. The van der Waals surface area contributed by atoms with Gasteiger partial charge in [0.15, 0.2) is 5.69 Å². The molecule has 0 saturated carbocycles. The van der Waals surface area contributed by atoms with Gasteiger partial charge in [-0.2, -0.15) is 5.10 Å². The molecular formula is C20H19N3OS. The number of carbonyl (C=O) groups excluding carboxylic acids is 1. The van der Waals surface area contributed by atoms with Crippen LogP contribution in [0, 0.1) is 0 Å². The molecule has 0 aliphatic carbocycles. The van der Waals surface area contributed by atoms with Crippen molar-refractivity contribution in [3.8, 4) is 11.3 Å². The van der Waals surface area contributed by atoms with Gasteiger partial charge in [0.05, 0.1) is 11.7 Å². The van der Waals surface area contributed by atoms with Gasteiger partial charge in [0.25, 0.3) is 5.91 Å². The number of aryl methyl sites for hydroxylation is 1. The Bertz CT molecular complexity index is 933. The van der Waals surface area contributed by atoms with Gasteiger partial charge in [-0.05, 0) is 18.6 Å². The van der Waals surface area contributed by atoms with Crippen molar-refractivity contribution in [2.75, 3.05) is 0 Å². The average molecular weight is 349 g/mol. The topological polar surface area (TPSA) is 46.9 Å². The summed E-state index contributed by atoms with van der Waals surface area (Å²) in [6.07, 6.45) is 0. The zero-order valence-corrected chi connectivity index (χ0v) is 15.0. The Morgan fingerprint density at radius 3 is 2.68 bits per heavy atom. The van der Waals surface area contributed by atoms with E-state index >= 15 is 0 Å². The van der Waals surface area contributed by atoms with Gasteiger partial charge in [-0.1, -0.05) is 48.5 Å². The van der Waals surface area contributed by atoms with Gasteiger partial charge < -0.3 is 5.32 Å². The second-order valence-corrected chi connectivity index (χ2v) is 7.21. The predicted octanol–water partition coefficient (Wildman–Crippen LogP) is 4.18. The monoisotopic (exact) mass is 349 g/mol. The molecule has 5 heteroatoms. The highest BCUT2D eigenvalue weighted by molar-refractivity contribution is 7.98. The molecule has 2 heterocycles. The summed E-state index contributed by atoms with van der Waals surface area (Å²) in [5.41, 5.74) is 4.83. The number of aromatic nitrogens is 2. The van der Waals surface area contributed by atoms with E-state index in [1.54, 1.807) is 11.8 Å². The molecule has 2 aromatic carbocycles. The van der Waals surface area contributed by atoms with E-state index < -0.39 is 0 Å². The summed E-state index contributed by atoms with van der Waals surface area (Å²) < 4.78 is 1.83. The molecule has 0 spiro atoms. The number of nitrogens with zero attached hydrogens (tertiary/aromatic N) is 2. The molecule has 25 heavy (non-hydrogen) atoms. The second-order valence-electron chi connectivity index (χ2n) is 6.19. The molecule has 1 aliphatic rings. The minimum atomic E-state index is -0.117. The number of thioether (sulfide) groups is 1. The summed E-state index contributed by atoms with van der Waals surface area (Å²) >= 11 is 1.76. The van der Waals surface area contributed by atoms with E-state index in [1.807, 2.05) is 61.1 Å². The SMILES string of the molecule is C[C@@H](NC(=O)c1nn(C)c2c1CSc1ccccc1-2)c1ccccc1. The maximum atomic E-state index is 12.8. The van der Waals surface area contributed by atoms with Crippen molar-refractivity contribution in [2.24, 2.45) is 7.05 Å². The minimum absolute atomic E-state index is 0.0603. The lowest BCUT2D eigenvalue weighted by molar-refractivity contribution is 0.0933. The molecule has 0 fully saturated rings. The summed E-state index contributed by atoms with van der Waals surface area (Å²) in [7, 11) is 1.91. The lowest BCUT2D eigenvalue weighted by Crippen LogP contribution is -2.28. The first kappa shape index (κ1) is 16.0. The van der Waals surface area contributed by atoms with Crippen LogP contribution in [0.1, 0.15) is 34.6 Å². The van der Waals surface area contributed by atoms with Gasteiger partial charge in [-0.25, -0.2) is 0 Å². The molecule has 4 nitrogen and oxygen atoms in total. The Morgan fingerprint density at radius 1 is 1.16 bits per heavy atom. The highest BCUT2D eigenvalue weighted by Gasteiger charge is 2.28. The van der Waals surface area contributed by atoms with Crippen LogP contribution in [0.5, 0.6) is 0 Å². The zero-order chi connectivity index (χ0) is 17.4. The third kappa shape index (κ3) is 2.85. The van der Waals surface area contributed by atoms with Crippen molar-refractivity contribution in [1.29, 1.82) is 0 Å². The lowest BCUT2D eigenvalue weighted by atomic mass is 10.0. The summed E-state index contributed by atoms with van der Waals surface area (Å²) in [6.45, 7) is 1.99. The van der Waals surface area contributed by atoms with Crippen molar-refractivity contribution < 1.29 is 4.79 Å². The van der Waals surface area contributed by atoms with Crippen molar-refractivity contribution in [3.63, 3.8) is 0 Å². The smallest absolute Gasteiger partial charge is 0.272 e. The number of nitrogens with one attached hydrogen (secondary N) is 1. The van der Waals surface area contributed by atoms with Crippen LogP contribution >= 0.6 is 11.8 Å². The van der Waals surface area contributed by atoms with Crippen LogP contribution < -0.4 is 5.32 Å². The van der Waals surface area contributed by atoms with Crippen molar-refractivity contribution in [1.82, 2.24) is 15.1 Å². The Kier molecular flexibility index (Phi) is 4.09. The lowest BCUT2D eigenvalue weighted by Gasteiger charge is -2.17. The summed E-state index contributed by atoms with van der Waals surface area (Å²) in [5.74, 6) is 0.649. The molecule has 3 aromatic rings. The molecule has 0 bridgehead atoms. The third-order valence-electron chi connectivity index (χ3n) is 4.52. The van der Waals surface area contributed by atoms with E-state index in [-0.39, 0.29) is 11.9 Å². The predicted molar refractivity (Wildman–Crippen MR) is 101 cm³/mol. The standard InChI is InChI=1S/C20H19N3OS/c1-13(14-8-4-3-5-9-14)21-20(24)18-16-12-25-17-11-7-6-10-15(17)19(16)23(2)22-18/h3-11,13H,12H2,1-2H3,(H,21,24)/t13-/m1/s1. The quantitative estimate of drug-likeness (QED) is 0.771. The highest BCUT2D eigenvalue weighted by Crippen LogP contribution is 2.42. The van der Waals surface area contributed by atoms with Crippen LogP contribution in [0.3, 0.4) is 0 Å². The Morgan fingerprint density at radius 2 is 1.88 bits per heavy atom. The number of amides is 1. The van der Waals surface area contributed by atoms with Gasteiger partial charge in [0.2, 0.25) is 0 Å². The summed E-state index contributed by atoms with van der Waals surface area (Å²) in [5, 5.41) is 7.60. The first-order valence-corrected chi connectivity index (χ1v) is 9.27. The van der Waals surface area contributed by atoms with E-state index in [9.17, 15) is 4.79 Å². The zero-order valence-electron chi connectivity index (χ0n) is 14.2. The van der Waals surface area contributed by atoms with Crippen LogP contribution in [0.15, 0.2) is 59.5 Å².